The van der Waals surface area contributed by atoms with Crippen LogP contribution in [-0.4, -0.2) is 38.4 Å². The van der Waals surface area contributed by atoms with Gasteiger partial charge in [-0.05, 0) is 19.1 Å². The molecule has 0 radical (unpaired) electrons. The number of benzene rings is 1. The third-order valence-corrected chi connectivity index (χ3v) is 5.95. The molecule has 1 heterocycles. The molecule has 0 N–H and O–H groups in total. The minimum atomic E-state index is -6.15. The van der Waals surface area contributed by atoms with Crippen LogP contribution in [0.2, 0.25) is 10.0 Å². The predicted molar refractivity (Wildman–Crippen MR) is 98.4 cm³/mol. The molecule has 0 bridgehead atoms. The molecule has 0 spiro atoms. The highest BCUT2D eigenvalue weighted by atomic mass is 35.5. The maximum atomic E-state index is 13.3. The van der Waals surface area contributed by atoms with E-state index in [0.717, 1.165) is 0 Å². The zero-order valence-electron chi connectivity index (χ0n) is 15.1. The fraction of sp³-hybridized carbons (Fsp3) is 0.333. The van der Waals surface area contributed by atoms with E-state index in [1.54, 1.807) is 0 Å². The first-order chi connectivity index (χ1) is 14.1. The summed E-state index contributed by atoms with van der Waals surface area (Å²) in [5.41, 5.74) is -7.73. The number of hydrogen-bond acceptors (Lipinski definition) is 7. The molecule has 2 rings (SSSR count). The minimum absolute atomic E-state index is 0.351. The van der Waals surface area contributed by atoms with Gasteiger partial charge in [-0.2, -0.15) is 46.8 Å². The topological polar surface area (TPSA) is 86.0 Å². The zero-order chi connectivity index (χ0) is 23.9. The number of nitriles is 1. The number of hydrazine groups is 1. The second kappa shape index (κ2) is 8.29. The van der Waals surface area contributed by atoms with E-state index in [1.165, 1.54) is 13.0 Å². The monoisotopic (exact) mass is 510 g/mol. The molecule has 0 aromatic heterocycles. The summed E-state index contributed by atoms with van der Waals surface area (Å²) in [7, 11) is -6.15. The normalized spacial score (nSPS) is 17.7. The Labute approximate surface area is 181 Å². The molecule has 0 aliphatic carbocycles. The standard InChI is InChI=1S/C15H10Cl2F6N4O3S/c1-3-30-13-12(31(28,29)15(21,22)23)10(6-24)27(25-2)26(13)11-8(16)4-7(5-9(11)17)14(18,19)20/h4-5,10H,2-3H2,1H3. The first-order valence-corrected chi connectivity index (χ1v) is 10.1. The average Bonchev–Trinajstić information content (AvgIpc) is 2.93. The van der Waals surface area contributed by atoms with Crippen molar-refractivity contribution >= 4 is 45.4 Å². The van der Waals surface area contributed by atoms with Crippen molar-refractivity contribution in [3.63, 3.8) is 0 Å². The Morgan fingerprint density at radius 1 is 1.23 bits per heavy atom. The van der Waals surface area contributed by atoms with Gasteiger partial charge in [0.05, 0.1) is 28.3 Å². The molecule has 0 fully saturated rings. The number of rotatable bonds is 5. The zero-order valence-corrected chi connectivity index (χ0v) is 17.4. The van der Waals surface area contributed by atoms with Gasteiger partial charge in [-0.15, -0.1) is 0 Å². The third kappa shape index (κ3) is 4.21. The van der Waals surface area contributed by atoms with E-state index in [2.05, 4.69) is 11.8 Å². The Hall–Kier alpha value is -2.37. The molecule has 1 aliphatic rings. The number of hydrazone groups is 1. The molecule has 7 nitrogen and oxygen atoms in total. The highest BCUT2D eigenvalue weighted by Crippen LogP contribution is 2.47. The van der Waals surface area contributed by atoms with Gasteiger partial charge >= 0.3 is 11.7 Å². The Bertz CT molecular complexity index is 1060. The minimum Gasteiger partial charge on any atom is -0.477 e. The number of halogens is 8. The van der Waals surface area contributed by atoms with Crippen LogP contribution in [-0.2, 0) is 20.8 Å². The Morgan fingerprint density at radius 3 is 2.10 bits per heavy atom. The molecule has 1 atom stereocenters. The summed E-state index contributed by atoms with van der Waals surface area (Å²) in [5.74, 6) is -1.07. The van der Waals surface area contributed by atoms with Crippen molar-refractivity contribution < 1.29 is 39.5 Å². The fourth-order valence-corrected chi connectivity index (χ4v) is 4.29. The second-order valence-electron chi connectivity index (χ2n) is 5.64. The summed E-state index contributed by atoms with van der Waals surface area (Å²) >= 11 is 11.8. The van der Waals surface area contributed by atoms with E-state index >= 15 is 0 Å². The van der Waals surface area contributed by atoms with Gasteiger partial charge in [0, 0.05) is 6.72 Å². The van der Waals surface area contributed by atoms with E-state index < -0.39 is 66.3 Å². The highest BCUT2D eigenvalue weighted by molar-refractivity contribution is 7.96. The SMILES string of the molecule is C=NN1C(C#N)C(S(=O)(=O)C(F)(F)F)=C(OCC)N1c1c(Cl)cc(C(F)(F)F)cc1Cl. The van der Waals surface area contributed by atoms with Gasteiger partial charge < -0.3 is 4.74 Å². The van der Waals surface area contributed by atoms with Crippen LogP contribution in [0.15, 0.2) is 28.0 Å². The summed E-state index contributed by atoms with van der Waals surface area (Å²) < 4.78 is 108. The Kier molecular flexibility index (Phi) is 6.65. The Balaban J connectivity index is 2.92. The third-order valence-electron chi connectivity index (χ3n) is 3.79. The molecule has 1 aromatic rings. The van der Waals surface area contributed by atoms with Gasteiger partial charge in [-0.25, -0.2) is 8.42 Å². The van der Waals surface area contributed by atoms with Crippen molar-refractivity contribution in [2.75, 3.05) is 11.6 Å². The average molecular weight is 511 g/mol. The number of ether oxygens (including phenoxy) is 1. The number of sulfone groups is 1. The molecular formula is C15H10Cl2F6N4O3S. The van der Waals surface area contributed by atoms with E-state index in [-0.39, 0.29) is 0 Å². The number of anilines is 1. The lowest BCUT2D eigenvalue weighted by Gasteiger charge is -2.31. The van der Waals surface area contributed by atoms with Crippen molar-refractivity contribution in [3.05, 3.63) is 38.5 Å². The lowest BCUT2D eigenvalue weighted by atomic mass is 10.2. The van der Waals surface area contributed by atoms with Crippen LogP contribution in [0.4, 0.5) is 32.0 Å². The Morgan fingerprint density at radius 2 is 1.74 bits per heavy atom. The van der Waals surface area contributed by atoms with Gasteiger partial charge in [0.1, 0.15) is 5.69 Å². The highest BCUT2D eigenvalue weighted by Gasteiger charge is 2.58. The molecule has 170 valence electrons. The van der Waals surface area contributed by atoms with Gasteiger partial charge in [-0.1, -0.05) is 23.2 Å². The van der Waals surface area contributed by atoms with E-state index in [1.807, 2.05) is 0 Å². The summed E-state index contributed by atoms with van der Waals surface area (Å²) in [6.07, 6.45) is -4.87. The molecule has 1 aliphatic heterocycles. The predicted octanol–water partition coefficient (Wildman–Crippen LogP) is 4.70. The smallest absolute Gasteiger partial charge is 0.477 e. The summed E-state index contributed by atoms with van der Waals surface area (Å²) in [4.78, 5) is -1.55. The number of alkyl halides is 6. The first-order valence-electron chi connectivity index (χ1n) is 7.83. The summed E-state index contributed by atoms with van der Waals surface area (Å²) in [6, 6.07) is -0.0968. The van der Waals surface area contributed by atoms with E-state index in [4.69, 9.17) is 27.9 Å². The maximum Gasteiger partial charge on any atom is 0.501 e. The molecule has 31 heavy (non-hydrogen) atoms. The molecule has 0 saturated carbocycles. The molecule has 16 heteroatoms. The quantitative estimate of drug-likeness (QED) is 0.421. The van der Waals surface area contributed by atoms with E-state index in [9.17, 15) is 40.0 Å². The second-order valence-corrected chi connectivity index (χ2v) is 8.37. The van der Waals surface area contributed by atoms with Crippen molar-refractivity contribution in [2.45, 2.75) is 24.7 Å². The number of hydrogen-bond donors (Lipinski definition) is 0. The van der Waals surface area contributed by atoms with Gasteiger partial charge in [0.2, 0.25) is 5.88 Å². The molecular weight excluding hydrogens is 501 g/mol. The summed E-state index contributed by atoms with van der Waals surface area (Å²) in [5, 5.41) is 12.0. The van der Waals surface area contributed by atoms with E-state index in [0.29, 0.717) is 22.3 Å². The molecule has 0 amide bonds. The maximum absolute atomic E-state index is 13.3. The molecule has 0 saturated heterocycles. The number of nitrogens with zero attached hydrogens (tertiary/aromatic N) is 4. The van der Waals surface area contributed by atoms with Crippen LogP contribution in [0.3, 0.4) is 0 Å². The lowest BCUT2D eigenvalue weighted by Crippen LogP contribution is -2.40. The van der Waals surface area contributed by atoms with Crippen LogP contribution in [0.25, 0.3) is 0 Å². The van der Waals surface area contributed by atoms with Gasteiger partial charge in [-0.3, -0.25) is 0 Å². The van der Waals surface area contributed by atoms with Crippen LogP contribution < -0.4 is 5.01 Å². The lowest BCUT2D eigenvalue weighted by molar-refractivity contribution is -0.137. The largest absolute Gasteiger partial charge is 0.501 e. The van der Waals surface area contributed by atoms with Crippen LogP contribution in [0.1, 0.15) is 12.5 Å². The molecule has 1 aromatic carbocycles. The van der Waals surface area contributed by atoms with Crippen molar-refractivity contribution in [1.29, 1.82) is 5.26 Å². The van der Waals surface area contributed by atoms with Crippen LogP contribution in [0.5, 0.6) is 0 Å². The fourth-order valence-electron chi connectivity index (χ4n) is 2.58. The molecule has 1 unspecified atom stereocenters. The van der Waals surface area contributed by atoms with Crippen molar-refractivity contribution in [1.82, 2.24) is 5.12 Å². The van der Waals surface area contributed by atoms with Crippen molar-refractivity contribution in [3.8, 4) is 6.07 Å². The van der Waals surface area contributed by atoms with Crippen LogP contribution >= 0.6 is 23.2 Å². The summed E-state index contributed by atoms with van der Waals surface area (Å²) in [6.45, 7) is 3.95. The van der Waals surface area contributed by atoms with Crippen molar-refractivity contribution in [2.24, 2.45) is 5.10 Å². The van der Waals surface area contributed by atoms with Gasteiger partial charge in [0.15, 0.2) is 10.9 Å². The van der Waals surface area contributed by atoms with Gasteiger partial charge in [0.25, 0.3) is 9.84 Å². The first kappa shape index (κ1) is 24.9. The van der Waals surface area contributed by atoms with Crippen LogP contribution in [0, 0.1) is 11.3 Å².